The van der Waals surface area contributed by atoms with Crippen molar-refractivity contribution in [1.82, 2.24) is 9.99 Å². The molecule has 0 aliphatic heterocycles. The number of amides is 2. The van der Waals surface area contributed by atoms with Gasteiger partial charge in [0.1, 0.15) is 0 Å². The molecule has 0 bridgehead atoms. The Balaban J connectivity index is 1.69. The van der Waals surface area contributed by atoms with E-state index in [4.69, 9.17) is 23.2 Å². The average Bonchev–Trinajstić information content (AvgIpc) is 2.96. The first kappa shape index (κ1) is 21.6. The normalized spacial score (nSPS) is 11.0. The van der Waals surface area contributed by atoms with Gasteiger partial charge in [0.15, 0.2) is 0 Å². The molecule has 1 aromatic heterocycles. The largest absolute Gasteiger partial charge is 0.329 e. The highest BCUT2D eigenvalue weighted by Gasteiger charge is 2.14. The van der Waals surface area contributed by atoms with Crippen LogP contribution in [0.1, 0.15) is 22.5 Å². The molecule has 0 saturated heterocycles. The quantitative estimate of drug-likeness (QED) is 0.345. The Morgan fingerprint density at radius 1 is 0.933 bits per heavy atom. The van der Waals surface area contributed by atoms with Gasteiger partial charge in [-0.25, -0.2) is 5.43 Å². The van der Waals surface area contributed by atoms with Gasteiger partial charge in [-0.2, -0.15) is 5.10 Å². The Morgan fingerprint density at radius 2 is 1.57 bits per heavy atom. The van der Waals surface area contributed by atoms with Gasteiger partial charge in [-0.15, -0.1) is 0 Å². The highest BCUT2D eigenvalue weighted by Crippen LogP contribution is 2.26. The predicted octanol–water partition coefficient (Wildman–Crippen LogP) is 4.80. The fraction of sp³-hybridized carbons (Fsp3) is 0.136. The molecule has 3 aromatic rings. The lowest BCUT2D eigenvalue weighted by atomic mass is 10.2. The second kappa shape index (κ2) is 9.15. The molecule has 0 saturated carbocycles. The van der Waals surface area contributed by atoms with Crippen LogP contribution in [0.4, 0.5) is 5.69 Å². The molecule has 154 valence electrons. The molecule has 30 heavy (non-hydrogen) atoms. The van der Waals surface area contributed by atoms with Crippen molar-refractivity contribution in [2.24, 2.45) is 5.10 Å². The Bertz CT molecular complexity index is 1110. The number of aryl methyl sites for hydroxylation is 2. The Hall–Kier alpha value is -3.09. The van der Waals surface area contributed by atoms with Gasteiger partial charge in [-0.3, -0.25) is 9.59 Å². The van der Waals surface area contributed by atoms with Gasteiger partial charge >= 0.3 is 11.8 Å². The summed E-state index contributed by atoms with van der Waals surface area (Å²) in [6, 6.07) is 14.3. The number of benzene rings is 2. The number of hydrazone groups is 1. The summed E-state index contributed by atoms with van der Waals surface area (Å²) in [5.74, 6) is -1.66. The van der Waals surface area contributed by atoms with E-state index in [-0.39, 0.29) is 0 Å². The molecule has 0 radical (unpaired) electrons. The maximum absolute atomic E-state index is 12.0. The van der Waals surface area contributed by atoms with Crippen molar-refractivity contribution in [3.05, 3.63) is 81.1 Å². The van der Waals surface area contributed by atoms with Crippen molar-refractivity contribution in [2.75, 3.05) is 5.32 Å². The van der Waals surface area contributed by atoms with E-state index in [2.05, 4.69) is 15.8 Å². The Morgan fingerprint density at radius 3 is 2.20 bits per heavy atom. The van der Waals surface area contributed by atoms with Gasteiger partial charge in [-0.1, -0.05) is 40.9 Å². The maximum atomic E-state index is 12.0. The van der Waals surface area contributed by atoms with E-state index in [0.717, 1.165) is 28.2 Å². The second-order valence-corrected chi connectivity index (χ2v) is 7.68. The molecule has 0 fully saturated rings. The minimum absolute atomic E-state index is 0.534. The molecule has 1 heterocycles. The third-order valence-electron chi connectivity index (χ3n) is 4.46. The maximum Gasteiger partial charge on any atom is 0.329 e. The number of hydrogen-bond donors (Lipinski definition) is 2. The van der Waals surface area contributed by atoms with Crippen LogP contribution in [-0.2, 0) is 9.59 Å². The predicted molar refractivity (Wildman–Crippen MR) is 121 cm³/mol. The molecule has 0 unspecified atom stereocenters. The first-order chi connectivity index (χ1) is 14.2. The van der Waals surface area contributed by atoms with Crippen LogP contribution in [0, 0.1) is 20.8 Å². The van der Waals surface area contributed by atoms with Crippen LogP contribution in [0.3, 0.4) is 0 Å². The SMILES string of the molecule is Cc1ccc(NC(=O)C(=O)N/N=C\c2cc(C)n(-c3cc(Cl)cc(Cl)c3)c2C)cc1. The van der Waals surface area contributed by atoms with Crippen molar-refractivity contribution < 1.29 is 9.59 Å². The summed E-state index contributed by atoms with van der Waals surface area (Å²) in [7, 11) is 0. The summed E-state index contributed by atoms with van der Waals surface area (Å²) in [6.07, 6.45) is 1.49. The number of carbonyl (C=O) groups is 2. The summed E-state index contributed by atoms with van der Waals surface area (Å²) >= 11 is 12.2. The van der Waals surface area contributed by atoms with Crippen molar-refractivity contribution in [1.29, 1.82) is 0 Å². The molecule has 0 atom stereocenters. The third kappa shape index (κ3) is 5.09. The monoisotopic (exact) mass is 442 g/mol. The van der Waals surface area contributed by atoms with E-state index in [1.165, 1.54) is 6.21 Å². The van der Waals surface area contributed by atoms with E-state index in [1.807, 2.05) is 55.7 Å². The number of rotatable bonds is 4. The van der Waals surface area contributed by atoms with Crippen LogP contribution >= 0.6 is 23.2 Å². The van der Waals surface area contributed by atoms with E-state index >= 15 is 0 Å². The van der Waals surface area contributed by atoms with Crippen LogP contribution in [0.15, 0.2) is 53.6 Å². The Kier molecular flexibility index (Phi) is 6.59. The first-order valence-corrected chi connectivity index (χ1v) is 9.86. The smallest absolute Gasteiger partial charge is 0.318 e. The minimum Gasteiger partial charge on any atom is -0.318 e. The lowest BCUT2D eigenvalue weighted by Crippen LogP contribution is -2.32. The summed E-state index contributed by atoms with van der Waals surface area (Å²) in [4.78, 5) is 24.0. The Labute approximate surface area is 184 Å². The summed E-state index contributed by atoms with van der Waals surface area (Å²) in [5, 5.41) is 7.50. The number of nitrogens with zero attached hydrogens (tertiary/aromatic N) is 2. The highest BCUT2D eigenvalue weighted by molar-refractivity contribution is 6.39. The number of halogens is 2. The number of anilines is 1. The summed E-state index contributed by atoms with van der Waals surface area (Å²) in [6.45, 7) is 5.78. The van der Waals surface area contributed by atoms with Crippen molar-refractivity contribution in [2.45, 2.75) is 20.8 Å². The number of nitrogens with one attached hydrogen (secondary N) is 2. The minimum atomic E-state index is -0.859. The zero-order chi connectivity index (χ0) is 21.8. The average molecular weight is 443 g/mol. The fourth-order valence-electron chi connectivity index (χ4n) is 3.02. The van der Waals surface area contributed by atoms with E-state index < -0.39 is 11.8 Å². The van der Waals surface area contributed by atoms with Crippen LogP contribution in [0.25, 0.3) is 5.69 Å². The summed E-state index contributed by atoms with van der Waals surface area (Å²) < 4.78 is 1.98. The van der Waals surface area contributed by atoms with Crippen LogP contribution in [-0.4, -0.2) is 22.6 Å². The van der Waals surface area contributed by atoms with Crippen molar-refractivity contribution in [3.8, 4) is 5.69 Å². The zero-order valence-corrected chi connectivity index (χ0v) is 18.2. The lowest BCUT2D eigenvalue weighted by Gasteiger charge is -2.10. The molecule has 0 spiro atoms. The van der Waals surface area contributed by atoms with E-state index in [1.54, 1.807) is 18.2 Å². The van der Waals surface area contributed by atoms with Crippen molar-refractivity contribution in [3.63, 3.8) is 0 Å². The number of carbonyl (C=O) groups excluding carboxylic acids is 2. The van der Waals surface area contributed by atoms with Crippen molar-refractivity contribution >= 4 is 46.9 Å². The van der Waals surface area contributed by atoms with Crippen LogP contribution in [0.5, 0.6) is 0 Å². The molecule has 0 aliphatic carbocycles. The molecule has 2 aromatic carbocycles. The van der Waals surface area contributed by atoms with Gasteiger partial charge in [0.25, 0.3) is 0 Å². The van der Waals surface area contributed by atoms with Gasteiger partial charge in [0, 0.05) is 38.4 Å². The number of hydrogen-bond acceptors (Lipinski definition) is 3. The summed E-state index contributed by atoms with van der Waals surface area (Å²) in [5.41, 5.74) is 7.26. The van der Waals surface area contributed by atoms with Gasteiger partial charge in [0.2, 0.25) is 0 Å². The highest BCUT2D eigenvalue weighted by atomic mass is 35.5. The standard InChI is InChI=1S/C22H20Cl2N4O2/c1-13-4-6-19(7-5-13)26-21(29)22(30)27-25-12-16-8-14(2)28(15(16)3)20-10-17(23)9-18(24)11-20/h4-12H,1-3H3,(H,26,29)(H,27,30)/b25-12-. The molecule has 6 nitrogen and oxygen atoms in total. The topological polar surface area (TPSA) is 75.5 Å². The molecule has 2 amide bonds. The molecule has 0 aliphatic rings. The van der Waals surface area contributed by atoms with Gasteiger partial charge in [-0.05, 0) is 57.2 Å². The van der Waals surface area contributed by atoms with Crippen LogP contribution < -0.4 is 10.7 Å². The van der Waals surface area contributed by atoms with Gasteiger partial charge in [0.05, 0.1) is 6.21 Å². The fourth-order valence-corrected chi connectivity index (χ4v) is 3.53. The second-order valence-electron chi connectivity index (χ2n) is 6.81. The first-order valence-electron chi connectivity index (χ1n) is 9.11. The van der Waals surface area contributed by atoms with E-state index in [0.29, 0.717) is 15.7 Å². The van der Waals surface area contributed by atoms with Gasteiger partial charge < -0.3 is 9.88 Å². The number of aromatic nitrogens is 1. The lowest BCUT2D eigenvalue weighted by molar-refractivity contribution is -0.136. The molecular weight excluding hydrogens is 423 g/mol. The third-order valence-corrected chi connectivity index (χ3v) is 4.90. The molecule has 3 rings (SSSR count). The zero-order valence-electron chi connectivity index (χ0n) is 16.7. The molecule has 2 N–H and O–H groups in total. The van der Waals surface area contributed by atoms with Crippen LogP contribution in [0.2, 0.25) is 10.0 Å². The molecule has 8 heteroatoms. The van der Waals surface area contributed by atoms with E-state index in [9.17, 15) is 9.59 Å². The molecular formula is C22H20Cl2N4O2.